The summed E-state index contributed by atoms with van der Waals surface area (Å²) in [5.41, 5.74) is 0. The van der Waals surface area contributed by atoms with E-state index in [-0.39, 0.29) is 11.9 Å². The summed E-state index contributed by atoms with van der Waals surface area (Å²) in [6.07, 6.45) is 1.17. The maximum absolute atomic E-state index is 10.7. The van der Waals surface area contributed by atoms with E-state index in [1.165, 1.54) is 0 Å². The maximum Gasteiger partial charge on any atom is 0.140 e. The van der Waals surface area contributed by atoms with Gasteiger partial charge in [0.1, 0.15) is 23.4 Å². The Labute approximate surface area is 82.6 Å². The van der Waals surface area contributed by atoms with Crippen molar-refractivity contribution in [2.24, 2.45) is 0 Å². The van der Waals surface area contributed by atoms with Gasteiger partial charge in [-0.15, -0.1) is 0 Å². The molecular weight excluding hydrogens is 180 g/mol. The highest BCUT2D eigenvalue weighted by Gasteiger charge is 2.28. The van der Waals surface area contributed by atoms with Crippen LogP contribution >= 0.6 is 0 Å². The zero-order valence-corrected chi connectivity index (χ0v) is 8.03. The van der Waals surface area contributed by atoms with Gasteiger partial charge < -0.3 is 9.47 Å². The Hall–Kier alpha value is -1.51. The van der Waals surface area contributed by atoms with E-state index in [9.17, 15) is 4.79 Å². The van der Waals surface area contributed by atoms with Gasteiger partial charge in [-0.05, 0) is 24.3 Å². The van der Waals surface area contributed by atoms with Crippen molar-refractivity contribution in [1.29, 1.82) is 0 Å². The normalized spacial score (nSPS) is 16.2. The Morgan fingerprint density at radius 1 is 1.14 bits per heavy atom. The lowest BCUT2D eigenvalue weighted by molar-refractivity contribution is -0.129. The van der Waals surface area contributed by atoms with E-state index in [2.05, 4.69) is 0 Å². The lowest BCUT2D eigenvalue weighted by Crippen LogP contribution is -2.33. The summed E-state index contributed by atoms with van der Waals surface area (Å²) in [6.45, 7) is 0. The molecule has 3 heteroatoms. The van der Waals surface area contributed by atoms with Gasteiger partial charge in [0.05, 0.1) is 7.11 Å². The van der Waals surface area contributed by atoms with Crippen LogP contribution in [0.25, 0.3) is 0 Å². The fraction of sp³-hybridized carbons (Fsp3) is 0.364. The third-order valence-corrected chi connectivity index (χ3v) is 2.27. The highest BCUT2D eigenvalue weighted by atomic mass is 16.5. The summed E-state index contributed by atoms with van der Waals surface area (Å²) in [6, 6.07) is 7.38. The van der Waals surface area contributed by atoms with Gasteiger partial charge in [-0.1, -0.05) is 0 Å². The van der Waals surface area contributed by atoms with Gasteiger partial charge in [-0.2, -0.15) is 0 Å². The van der Waals surface area contributed by atoms with Crippen molar-refractivity contribution in [2.75, 3.05) is 7.11 Å². The van der Waals surface area contributed by atoms with Crippen LogP contribution < -0.4 is 9.47 Å². The molecule has 3 nitrogen and oxygen atoms in total. The zero-order valence-electron chi connectivity index (χ0n) is 8.03. The zero-order chi connectivity index (χ0) is 9.97. The molecule has 1 aliphatic rings. The van der Waals surface area contributed by atoms with E-state index in [0.29, 0.717) is 12.8 Å². The molecule has 2 rings (SSSR count). The van der Waals surface area contributed by atoms with E-state index in [0.717, 1.165) is 11.5 Å². The fourth-order valence-corrected chi connectivity index (χ4v) is 1.38. The first-order valence-corrected chi connectivity index (χ1v) is 4.60. The summed E-state index contributed by atoms with van der Waals surface area (Å²) < 4.78 is 10.6. The minimum atomic E-state index is 0.0795. The van der Waals surface area contributed by atoms with Gasteiger partial charge >= 0.3 is 0 Å². The van der Waals surface area contributed by atoms with Crippen LogP contribution in [0.4, 0.5) is 0 Å². The van der Waals surface area contributed by atoms with Crippen LogP contribution in [0.5, 0.6) is 11.5 Å². The first-order chi connectivity index (χ1) is 6.78. The molecule has 0 heterocycles. The lowest BCUT2D eigenvalue weighted by atomic mass is 9.94. The van der Waals surface area contributed by atoms with Crippen LogP contribution in [-0.2, 0) is 4.79 Å². The molecule has 0 aromatic heterocycles. The molecule has 0 saturated heterocycles. The highest BCUT2D eigenvalue weighted by molar-refractivity contribution is 5.85. The molecule has 0 spiro atoms. The highest BCUT2D eigenvalue weighted by Crippen LogP contribution is 2.24. The van der Waals surface area contributed by atoms with Crippen LogP contribution in [0.15, 0.2) is 24.3 Å². The number of ether oxygens (including phenoxy) is 2. The Morgan fingerprint density at radius 3 is 2.21 bits per heavy atom. The van der Waals surface area contributed by atoms with Crippen molar-refractivity contribution in [3.63, 3.8) is 0 Å². The second kappa shape index (κ2) is 3.70. The van der Waals surface area contributed by atoms with Gasteiger partial charge in [0, 0.05) is 12.8 Å². The minimum Gasteiger partial charge on any atom is -0.497 e. The van der Waals surface area contributed by atoms with Crippen LogP contribution in [-0.4, -0.2) is 19.0 Å². The summed E-state index contributed by atoms with van der Waals surface area (Å²) in [5, 5.41) is 0. The minimum absolute atomic E-state index is 0.0795. The van der Waals surface area contributed by atoms with Crippen molar-refractivity contribution in [3.05, 3.63) is 24.3 Å². The van der Waals surface area contributed by atoms with E-state index in [1.807, 2.05) is 24.3 Å². The van der Waals surface area contributed by atoms with Crippen molar-refractivity contribution in [1.82, 2.24) is 0 Å². The van der Waals surface area contributed by atoms with Crippen molar-refractivity contribution < 1.29 is 14.3 Å². The average molecular weight is 192 g/mol. The van der Waals surface area contributed by atoms with E-state index in [1.54, 1.807) is 7.11 Å². The quantitative estimate of drug-likeness (QED) is 0.732. The predicted octanol–water partition coefficient (Wildman–Crippen LogP) is 1.81. The molecule has 0 radical (unpaired) electrons. The smallest absolute Gasteiger partial charge is 0.140 e. The largest absolute Gasteiger partial charge is 0.497 e. The summed E-state index contributed by atoms with van der Waals surface area (Å²) in [7, 11) is 1.63. The Balaban J connectivity index is 1.93. The third-order valence-electron chi connectivity index (χ3n) is 2.27. The SMILES string of the molecule is COc1ccc(OC2CC(=O)C2)cc1. The number of carbonyl (C=O) groups excluding carboxylic acids is 1. The standard InChI is InChI=1S/C11H12O3/c1-13-9-2-4-10(5-3-9)14-11-6-8(12)7-11/h2-5,11H,6-7H2,1H3. The number of methoxy groups -OCH3 is 1. The fourth-order valence-electron chi connectivity index (χ4n) is 1.38. The van der Waals surface area contributed by atoms with E-state index in [4.69, 9.17) is 9.47 Å². The number of hydrogen-bond acceptors (Lipinski definition) is 3. The summed E-state index contributed by atoms with van der Waals surface area (Å²) in [5.74, 6) is 1.88. The molecule has 1 fully saturated rings. The Kier molecular flexibility index (Phi) is 2.39. The molecule has 0 bridgehead atoms. The Bertz CT molecular complexity index is 321. The topological polar surface area (TPSA) is 35.5 Å². The Morgan fingerprint density at radius 2 is 1.71 bits per heavy atom. The number of carbonyl (C=O) groups is 1. The first-order valence-electron chi connectivity index (χ1n) is 4.60. The lowest BCUT2D eigenvalue weighted by Gasteiger charge is -2.25. The van der Waals surface area contributed by atoms with Crippen molar-refractivity contribution in [2.45, 2.75) is 18.9 Å². The molecule has 1 saturated carbocycles. The maximum atomic E-state index is 10.7. The second-order valence-electron chi connectivity index (χ2n) is 3.36. The molecule has 0 atom stereocenters. The molecular formula is C11H12O3. The number of Topliss-reactive ketones (excluding diaryl/α,β-unsaturated/α-hetero) is 1. The van der Waals surface area contributed by atoms with E-state index < -0.39 is 0 Å². The molecule has 1 aromatic carbocycles. The van der Waals surface area contributed by atoms with Gasteiger partial charge in [0.2, 0.25) is 0 Å². The van der Waals surface area contributed by atoms with Crippen LogP contribution in [0.3, 0.4) is 0 Å². The van der Waals surface area contributed by atoms with Gasteiger partial charge in [-0.25, -0.2) is 0 Å². The van der Waals surface area contributed by atoms with Crippen molar-refractivity contribution >= 4 is 5.78 Å². The summed E-state index contributed by atoms with van der Waals surface area (Å²) >= 11 is 0. The second-order valence-corrected chi connectivity index (χ2v) is 3.36. The van der Waals surface area contributed by atoms with Gasteiger partial charge in [-0.3, -0.25) is 4.79 Å². The van der Waals surface area contributed by atoms with Crippen LogP contribution in [0.1, 0.15) is 12.8 Å². The number of benzene rings is 1. The predicted molar refractivity (Wildman–Crippen MR) is 51.7 cm³/mol. The number of ketones is 1. The monoisotopic (exact) mass is 192 g/mol. The summed E-state index contributed by atoms with van der Waals surface area (Å²) in [4.78, 5) is 10.7. The van der Waals surface area contributed by atoms with Crippen LogP contribution in [0.2, 0.25) is 0 Å². The molecule has 0 amide bonds. The molecule has 1 aromatic rings. The first kappa shape index (κ1) is 9.06. The molecule has 0 unspecified atom stereocenters. The molecule has 74 valence electrons. The molecule has 0 N–H and O–H groups in total. The van der Waals surface area contributed by atoms with Crippen LogP contribution in [0, 0.1) is 0 Å². The molecule has 1 aliphatic carbocycles. The molecule has 0 aliphatic heterocycles. The third kappa shape index (κ3) is 1.87. The average Bonchev–Trinajstić information content (AvgIpc) is 2.17. The number of rotatable bonds is 3. The van der Waals surface area contributed by atoms with E-state index >= 15 is 0 Å². The van der Waals surface area contributed by atoms with Gasteiger partial charge in [0.15, 0.2) is 0 Å². The molecule has 14 heavy (non-hydrogen) atoms. The van der Waals surface area contributed by atoms with Crippen molar-refractivity contribution in [3.8, 4) is 11.5 Å². The van der Waals surface area contributed by atoms with Gasteiger partial charge in [0.25, 0.3) is 0 Å². The number of hydrogen-bond donors (Lipinski definition) is 0.